The van der Waals surface area contributed by atoms with E-state index in [0.717, 1.165) is 33.6 Å². The lowest BCUT2D eigenvalue weighted by Crippen LogP contribution is -2.12. The van der Waals surface area contributed by atoms with Crippen molar-refractivity contribution in [3.8, 4) is 5.75 Å². The SMILES string of the molecule is COc1ccc2nc(S(=O)Cc3cc(C)ccc3N(C)C)[nH]c2c1. The molecule has 0 aliphatic rings. The molecule has 1 aromatic heterocycles. The highest BCUT2D eigenvalue weighted by Crippen LogP contribution is 2.24. The number of hydrogen-bond acceptors (Lipinski definition) is 4. The summed E-state index contributed by atoms with van der Waals surface area (Å²) in [7, 11) is 4.36. The number of H-pyrrole nitrogens is 1. The number of anilines is 1. The van der Waals surface area contributed by atoms with Crippen LogP contribution in [0, 0.1) is 6.92 Å². The van der Waals surface area contributed by atoms with Crippen molar-refractivity contribution in [1.82, 2.24) is 9.97 Å². The van der Waals surface area contributed by atoms with E-state index in [2.05, 4.69) is 28.2 Å². The molecule has 0 aliphatic carbocycles. The molecule has 3 rings (SSSR count). The summed E-state index contributed by atoms with van der Waals surface area (Å²) in [6.45, 7) is 2.04. The van der Waals surface area contributed by atoms with Crippen molar-refractivity contribution in [2.45, 2.75) is 17.8 Å². The van der Waals surface area contributed by atoms with Crippen LogP contribution in [0.25, 0.3) is 11.0 Å². The van der Waals surface area contributed by atoms with Gasteiger partial charge in [0.05, 0.1) is 34.7 Å². The first-order valence-electron chi connectivity index (χ1n) is 7.67. The molecule has 0 spiro atoms. The van der Waals surface area contributed by atoms with Gasteiger partial charge in [0.2, 0.25) is 0 Å². The molecule has 6 heteroatoms. The Kier molecular flexibility index (Phi) is 4.57. The molecule has 0 radical (unpaired) electrons. The number of aryl methyl sites for hydroxylation is 1. The lowest BCUT2D eigenvalue weighted by atomic mass is 10.1. The van der Waals surface area contributed by atoms with Crippen LogP contribution in [-0.2, 0) is 16.6 Å². The molecule has 5 nitrogen and oxygen atoms in total. The van der Waals surface area contributed by atoms with Crippen LogP contribution >= 0.6 is 0 Å². The monoisotopic (exact) mass is 343 g/mol. The van der Waals surface area contributed by atoms with Gasteiger partial charge in [-0.2, -0.15) is 0 Å². The van der Waals surface area contributed by atoms with Crippen LogP contribution in [0.5, 0.6) is 5.75 Å². The van der Waals surface area contributed by atoms with E-state index in [0.29, 0.717) is 10.9 Å². The third-order valence-corrected chi connectivity index (χ3v) is 5.08. The lowest BCUT2D eigenvalue weighted by Gasteiger charge is -2.17. The summed E-state index contributed by atoms with van der Waals surface area (Å²) in [6, 6.07) is 11.8. The van der Waals surface area contributed by atoms with Gasteiger partial charge < -0.3 is 14.6 Å². The Bertz CT molecular complexity index is 902. The molecular weight excluding hydrogens is 322 g/mol. The summed E-state index contributed by atoms with van der Waals surface area (Å²) in [5.74, 6) is 1.17. The molecule has 0 aliphatic heterocycles. The second-order valence-corrected chi connectivity index (χ2v) is 7.31. The van der Waals surface area contributed by atoms with Crippen LogP contribution in [0.3, 0.4) is 0 Å². The minimum atomic E-state index is -1.24. The molecule has 0 saturated heterocycles. The minimum Gasteiger partial charge on any atom is -0.497 e. The Morgan fingerprint density at radius 3 is 2.71 bits per heavy atom. The second-order valence-electron chi connectivity index (χ2n) is 5.94. The molecule has 3 aromatic rings. The number of nitrogens with one attached hydrogen (secondary N) is 1. The minimum absolute atomic E-state index is 0.423. The summed E-state index contributed by atoms with van der Waals surface area (Å²) in [4.78, 5) is 9.64. The predicted octanol–water partition coefficient (Wildman–Crippen LogP) is 3.25. The molecule has 126 valence electrons. The first-order chi connectivity index (χ1) is 11.5. The fourth-order valence-corrected chi connectivity index (χ4v) is 3.75. The van der Waals surface area contributed by atoms with Crippen LogP contribution in [0.1, 0.15) is 11.1 Å². The number of ether oxygens (including phenoxy) is 1. The van der Waals surface area contributed by atoms with Crippen molar-refractivity contribution < 1.29 is 8.95 Å². The standard InChI is InChI=1S/C18H21N3O2S/c1-12-5-8-17(21(2)3)13(9-12)11-24(22)18-19-15-7-6-14(23-4)10-16(15)20-18/h5-10H,11H2,1-4H3,(H,19,20). The molecule has 0 fully saturated rings. The van der Waals surface area contributed by atoms with Crippen molar-refractivity contribution >= 4 is 27.5 Å². The van der Waals surface area contributed by atoms with Gasteiger partial charge in [-0.1, -0.05) is 17.7 Å². The number of methoxy groups -OCH3 is 1. The molecular formula is C18H21N3O2S. The molecule has 0 bridgehead atoms. The molecule has 0 amide bonds. The molecule has 2 aromatic carbocycles. The van der Waals surface area contributed by atoms with Crippen LogP contribution in [0.2, 0.25) is 0 Å². The number of rotatable bonds is 5. The van der Waals surface area contributed by atoms with Gasteiger partial charge in [-0.05, 0) is 30.7 Å². The molecule has 1 unspecified atom stereocenters. The number of hydrogen-bond donors (Lipinski definition) is 1. The number of benzene rings is 2. The molecule has 1 heterocycles. The zero-order chi connectivity index (χ0) is 17.3. The summed E-state index contributed by atoms with van der Waals surface area (Å²) in [6.07, 6.45) is 0. The van der Waals surface area contributed by atoms with E-state index in [4.69, 9.17) is 4.74 Å². The highest BCUT2D eigenvalue weighted by molar-refractivity contribution is 7.84. The summed E-state index contributed by atoms with van der Waals surface area (Å²) >= 11 is 0. The van der Waals surface area contributed by atoms with Crippen molar-refractivity contribution in [2.24, 2.45) is 0 Å². The third kappa shape index (κ3) is 3.28. The zero-order valence-electron chi connectivity index (χ0n) is 14.3. The van der Waals surface area contributed by atoms with Gasteiger partial charge >= 0.3 is 0 Å². The van der Waals surface area contributed by atoms with E-state index < -0.39 is 10.8 Å². The molecule has 0 saturated carbocycles. The van der Waals surface area contributed by atoms with Gasteiger partial charge in [0.1, 0.15) is 5.75 Å². The summed E-state index contributed by atoms with van der Waals surface area (Å²) in [5, 5.41) is 0.490. The number of nitrogens with zero attached hydrogens (tertiary/aromatic N) is 2. The average molecular weight is 343 g/mol. The highest BCUT2D eigenvalue weighted by atomic mass is 32.2. The van der Waals surface area contributed by atoms with Crippen molar-refractivity contribution in [2.75, 3.05) is 26.1 Å². The maximum Gasteiger partial charge on any atom is 0.197 e. The van der Waals surface area contributed by atoms with Crippen LogP contribution in [-0.4, -0.2) is 35.4 Å². The van der Waals surface area contributed by atoms with E-state index >= 15 is 0 Å². The van der Waals surface area contributed by atoms with Crippen LogP contribution < -0.4 is 9.64 Å². The first kappa shape index (κ1) is 16.5. The Balaban J connectivity index is 1.91. The van der Waals surface area contributed by atoms with Crippen LogP contribution in [0.15, 0.2) is 41.6 Å². The Morgan fingerprint density at radius 2 is 2.00 bits per heavy atom. The normalized spacial score (nSPS) is 12.3. The molecule has 1 N–H and O–H groups in total. The largest absolute Gasteiger partial charge is 0.497 e. The maximum absolute atomic E-state index is 12.8. The Labute approximate surface area is 144 Å². The van der Waals surface area contributed by atoms with E-state index in [9.17, 15) is 4.21 Å². The first-order valence-corrected chi connectivity index (χ1v) is 8.99. The predicted molar refractivity (Wildman–Crippen MR) is 98.3 cm³/mol. The van der Waals surface area contributed by atoms with E-state index in [-0.39, 0.29) is 0 Å². The average Bonchev–Trinajstić information content (AvgIpc) is 2.97. The van der Waals surface area contributed by atoms with Gasteiger partial charge in [-0.25, -0.2) is 4.98 Å². The van der Waals surface area contributed by atoms with Crippen molar-refractivity contribution in [3.63, 3.8) is 0 Å². The smallest absolute Gasteiger partial charge is 0.197 e. The topological polar surface area (TPSA) is 58.2 Å². The third-order valence-electron chi connectivity index (χ3n) is 3.89. The number of aromatic amines is 1. The number of fused-ring (bicyclic) bond motifs is 1. The molecule has 24 heavy (non-hydrogen) atoms. The Hall–Kier alpha value is -2.34. The lowest BCUT2D eigenvalue weighted by molar-refractivity contribution is 0.415. The van der Waals surface area contributed by atoms with Crippen LogP contribution in [0.4, 0.5) is 5.69 Å². The van der Waals surface area contributed by atoms with Crippen molar-refractivity contribution in [1.29, 1.82) is 0 Å². The van der Waals surface area contributed by atoms with E-state index in [1.54, 1.807) is 7.11 Å². The fourth-order valence-electron chi connectivity index (χ4n) is 2.68. The summed E-state index contributed by atoms with van der Waals surface area (Å²) in [5.41, 5.74) is 4.90. The second kappa shape index (κ2) is 6.65. The van der Waals surface area contributed by atoms with Gasteiger partial charge in [0.25, 0.3) is 0 Å². The van der Waals surface area contributed by atoms with E-state index in [1.165, 1.54) is 0 Å². The summed E-state index contributed by atoms with van der Waals surface area (Å²) < 4.78 is 18.0. The van der Waals surface area contributed by atoms with Crippen molar-refractivity contribution in [3.05, 3.63) is 47.5 Å². The maximum atomic E-state index is 12.8. The highest BCUT2D eigenvalue weighted by Gasteiger charge is 2.14. The van der Waals surface area contributed by atoms with Gasteiger partial charge in [0.15, 0.2) is 5.16 Å². The zero-order valence-corrected chi connectivity index (χ0v) is 15.1. The fraction of sp³-hybridized carbons (Fsp3) is 0.278. The van der Waals surface area contributed by atoms with Gasteiger partial charge in [-0.15, -0.1) is 0 Å². The molecule has 1 atom stereocenters. The van der Waals surface area contributed by atoms with Gasteiger partial charge in [0, 0.05) is 25.8 Å². The Morgan fingerprint density at radius 1 is 1.21 bits per heavy atom. The number of imidazole rings is 1. The quantitative estimate of drug-likeness (QED) is 0.772. The number of aromatic nitrogens is 2. The van der Waals surface area contributed by atoms with Gasteiger partial charge in [-0.3, -0.25) is 4.21 Å². The van der Waals surface area contributed by atoms with E-state index in [1.807, 2.05) is 44.1 Å².